The second-order valence-electron chi connectivity index (χ2n) is 12.1. The molecule has 2 aromatic heterocycles. The first kappa shape index (κ1) is 29.9. The third-order valence-electron chi connectivity index (χ3n) is 9.00. The van der Waals surface area contributed by atoms with Gasteiger partial charge in [-0.1, -0.05) is 78.3 Å². The average molecular weight is 640 g/mol. The molecular formula is C36H34ClN3O4S. The summed E-state index contributed by atoms with van der Waals surface area (Å²) in [6, 6.07) is 30.0. The van der Waals surface area contributed by atoms with E-state index >= 15 is 0 Å². The summed E-state index contributed by atoms with van der Waals surface area (Å²) in [5.74, 6) is -0.468. The Morgan fingerprint density at radius 1 is 0.933 bits per heavy atom. The molecule has 230 valence electrons. The van der Waals surface area contributed by atoms with E-state index < -0.39 is 15.6 Å². The molecule has 1 saturated heterocycles. The first-order valence-corrected chi connectivity index (χ1v) is 17.5. The van der Waals surface area contributed by atoms with Crippen LogP contribution in [0.25, 0.3) is 11.4 Å². The van der Waals surface area contributed by atoms with Crippen molar-refractivity contribution in [3.8, 4) is 11.4 Å². The minimum Gasteiger partial charge on any atom is -0.357 e. The van der Waals surface area contributed by atoms with Crippen molar-refractivity contribution in [2.75, 3.05) is 6.26 Å². The van der Waals surface area contributed by atoms with E-state index in [9.17, 15) is 8.42 Å². The number of halogens is 1. The zero-order chi connectivity index (χ0) is 31.0. The maximum atomic E-state index is 12.3. The van der Waals surface area contributed by atoms with E-state index in [0.717, 1.165) is 59.5 Å². The topological polar surface area (TPSA) is 94.2 Å². The molecule has 1 aliphatic carbocycles. The minimum atomic E-state index is -3.45. The van der Waals surface area contributed by atoms with Crippen molar-refractivity contribution in [1.29, 1.82) is 0 Å². The number of hydrogen-bond acceptors (Lipinski definition) is 6. The molecule has 1 spiro atoms. The SMILES string of the molecule is CS(=O)(=O)c1ccc(C(CC2CCC3(C2)OC(c2ccccc2)C(c2ccccc2)O3)c2ccc(-c3cnccn3)[nH]2)cc1Cl. The van der Waals surface area contributed by atoms with Crippen LogP contribution in [0.2, 0.25) is 5.02 Å². The van der Waals surface area contributed by atoms with E-state index in [2.05, 4.69) is 45.3 Å². The van der Waals surface area contributed by atoms with Gasteiger partial charge in [-0.05, 0) is 59.7 Å². The summed E-state index contributed by atoms with van der Waals surface area (Å²) in [5, 5.41) is 0.225. The van der Waals surface area contributed by atoms with Crippen molar-refractivity contribution < 1.29 is 17.9 Å². The highest BCUT2D eigenvalue weighted by atomic mass is 35.5. The summed E-state index contributed by atoms with van der Waals surface area (Å²) in [6.07, 6.45) is 9.09. The predicted molar refractivity (Wildman–Crippen MR) is 173 cm³/mol. The molecule has 4 unspecified atom stereocenters. The molecule has 1 saturated carbocycles. The highest BCUT2D eigenvalue weighted by molar-refractivity contribution is 7.90. The molecule has 0 radical (unpaired) electrons. The van der Waals surface area contributed by atoms with E-state index in [-0.39, 0.29) is 34.0 Å². The zero-order valence-electron chi connectivity index (χ0n) is 24.8. The Balaban J connectivity index is 1.19. The first-order valence-electron chi connectivity index (χ1n) is 15.2. The Morgan fingerprint density at radius 3 is 2.22 bits per heavy atom. The lowest BCUT2D eigenvalue weighted by Crippen LogP contribution is -2.26. The lowest BCUT2D eigenvalue weighted by molar-refractivity contribution is -0.172. The van der Waals surface area contributed by atoms with Gasteiger partial charge in [-0.3, -0.25) is 9.97 Å². The van der Waals surface area contributed by atoms with Gasteiger partial charge in [0.1, 0.15) is 17.9 Å². The quantitative estimate of drug-likeness (QED) is 0.184. The highest BCUT2D eigenvalue weighted by Crippen LogP contribution is 2.55. The lowest BCUT2D eigenvalue weighted by atomic mass is 9.85. The van der Waals surface area contributed by atoms with Crippen molar-refractivity contribution in [2.45, 2.75) is 54.5 Å². The van der Waals surface area contributed by atoms with Crippen molar-refractivity contribution in [3.63, 3.8) is 0 Å². The highest BCUT2D eigenvalue weighted by Gasteiger charge is 2.52. The molecule has 45 heavy (non-hydrogen) atoms. The third-order valence-corrected chi connectivity index (χ3v) is 10.6. The summed E-state index contributed by atoms with van der Waals surface area (Å²) in [5.41, 5.74) is 5.76. The van der Waals surface area contributed by atoms with Crippen molar-refractivity contribution in [3.05, 3.63) is 137 Å². The Bertz CT molecular complexity index is 1840. The van der Waals surface area contributed by atoms with E-state index in [0.29, 0.717) is 0 Å². The molecule has 4 atom stereocenters. The number of H-pyrrole nitrogens is 1. The fourth-order valence-electron chi connectivity index (χ4n) is 6.88. The molecule has 1 N–H and O–H groups in total. The molecule has 3 aromatic carbocycles. The Labute approximate surface area is 268 Å². The number of nitrogens with one attached hydrogen (secondary N) is 1. The summed E-state index contributed by atoms with van der Waals surface area (Å²) in [7, 11) is -3.45. The summed E-state index contributed by atoms with van der Waals surface area (Å²) >= 11 is 6.56. The average Bonchev–Trinajstić information content (AvgIpc) is 3.79. The number of nitrogens with zero attached hydrogens (tertiary/aromatic N) is 2. The molecule has 2 aliphatic rings. The standard InChI is InChI=1S/C36H34ClN3O4S/c1-45(41,42)33-15-12-27(21-29(33)37)28(30-13-14-31(40-30)32-23-38-18-19-39-32)20-24-16-17-36(22-24)43-34(25-8-4-2-5-9-25)35(44-36)26-10-6-3-7-11-26/h2-15,18-19,21,23-24,28,34-35,40H,16-17,20,22H2,1H3. The van der Waals surface area contributed by atoms with Crippen molar-refractivity contribution in [2.24, 2.45) is 5.92 Å². The van der Waals surface area contributed by atoms with Crippen LogP contribution in [0.1, 0.15) is 66.2 Å². The molecule has 7 rings (SSSR count). The third kappa shape index (κ3) is 6.20. The Kier molecular flexibility index (Phi) is 8.08. The molecule has 0 bridgehead atoms. The smallest absolute Gasteiger partial charge is 0.176 e. The fraction of sp³-hybridized carbons (Fsp3) is 0.278. The number of aromatic amines is 1. The molecular weight excluding hydrogens is 606 g/mol. The number of sulfone groups is 1. The molecule has 2 fully saturated rings. The van der Waals surface area contributed by atoms with Crippen LogP contribution in [-0.2, 0) is 19.3 Å². The van der Waals surface area contributed by atoms with Gasteiger partial charge in [0.25, 0.3) is 0 Å². The van der Waals surface area contributed by atoms with E-state index in [1.54, 1.807) is 30.7 Å². The normalized spacial score (nSPS) is 23.8. The molecule has 1 aliphatic heterocycles. The summed E-state index contributed by atoms with van der Waals surface area (Å²) in [6.45, 7) is 0. The van der Waals surface area contributed by atoms with E-state index in [1.165, 1.54) is 6.26 Å². The van der Waals surface area contributed by atoms with Crippen LogP contribution in [-0.4, -0.2) is 35.4 Å². The number of rotatable bonds is 8. The van der Waals surface area contributed by atoms with Crippen LogP contribution in [0, 0.1) is 5.92 Å². The molecule has 5 aromatic rings. The zero-order valence-corrected chi connectivity index (χ0v) is 26.4. The van der Waals surface area contributed by atoms with Gasteiger partial charge in [-0.15, -0.1) is 0 Å². The van der Waals surface area contributed by atoms with Crippen LogP contribution in [0.15, 0.2) is 114 Å². The maximum absolute atomic E-state index is 12.3. The van der Waals surface area contributed by atoms with Gasteiger partial charge in [-0.25, -0.2) is 8.42 Å². The second kappa shape index (κ2) is 12.2. The van der Waals surface area contributed by atoms with Gasteiger partial charge >= 0.3 is 0 Å². The minimum absolute atomic E-state index is 0.0714. The van der Waals surface area contributed by atoms with Crippen LogP contribution >= 0.6 is 11.6 Å². The molecule has 7 nitrogen and oxygen atoms in total. The maximum Gasteiger partial charge on any atom is 0.176 e. The van der Waals surface area contributed by atoms with Crippen LogP contribution in [0.3, 0.4) is 0 Å². The largest absolute Gasteiger partial charge is 0.357 e. The molecule has 3 heterocycles. The Morgan fingerprint density at radius 2 is 1.62 bits per heavy atom. The monoisotopic (exact) mass is 639 g/mol. The Hall–Kier alpha value is -3.82. The van der Waals surface area contributed by atoms with Crippen molar-refractivity contribution >= 4 is 21.4 Å². The number of benzene rings is 3. The van der Waals surface area contributed by atoms with Gasteiger partial charge in [0.2, 0.25) is 0 Å². The first-order chi connectivity index (χ1) is 21.8. The fourth-order valence-corrected chi connectivity index (χ4v) is 8.22. The second-order valence-corrected chi connectivity index (χ2v) is 14.5. The van der Waals surface area contributed by atoms with E-state index in [1.807, 2.05) is 48.5 Å². The molecule has 0 amide bonds. The van der Waals surface area contributed by atoms with Crippen LogP contribution in [0.5, 0.6) is 0 Å². The lowest BCUT2D eigenvalue weighted by Gasteiger charge is -2.25. The number of hydrogen-bond donors (Lipinski definition) is 1. The summed E-state index contributed by atoms with van der Waals surface area (Å²) in [4.78, 5) is 12.3. The predicted octanol–water partition coefficient (Wildman–Crippen LogP) is 8.08. The van der Waals surface area contributed by atoms with Gasteiger partial charge in [0, 0.05) is 43.1 Å². The summed E-state index contributed by atoms with van der Waals surface area (Å²) < 4.78 is 38.4. The van der Waals surface area contributed by atoms with Crippen LogP contribution < -0.4 is 0 Å². The van der Waals surface area contributed by atoms with Gasteiger partial charge < -0.3 is 14.5 Å². The number of ether oxygens (including phenoxy) is 2. The van der Waals surface area contributed by atoms with Gasteiger partial charge in [0.15, 0.2) is 15.6 Å². The van der Waals surface area contributed by atoms with Crippen molar-refractivity contribution in [1.82, 2.24) is 15.0 Å². The molecule has 9 heteroatoms. The van der Waals surface area contributed by atoms with E-state index in [4.69, 9.17) is 21.1 Å². The van der Waals surface area contributed by atoms with Gasteiger partial charge in [0.05, 0.1) is 21.8 Å². The van der Waals surface area contributed by atoms with Gasteiger partial charge in [-0.2, -0.15) is 0 Å². The van der Waals surface area contributed by atoms with Crippen LogP contribution in [0.4, 0.5) is 0 Å². The number of aromatic nitrogens is 3.